The summed E-state index contributed by atoms with van der Waals surface area (Å²) in [6, 6.07) is 11.0. The molecule has 0 spiro atoms. The summed E-state index contributed by atoms with van der Waals surface area (Å²) in [5.74, 6) is -0.390. The Balaban J connectivity index is 1.65. The molecule has 2 aliphatic heterocycles. The number of ether oxygens (including phenoxy) is 1. The van der Waals surface area contributed by atoms with Crippen LogP contribution in [0, 0.1) is 0 Å². The third kappa shape index (κ3) is 2.99. The molecule has 2 aromatic rings. The van der Waals surface area contributed by atoms with E-state index in [1.54, 1.807) is 36.4 Å². The molecule has 0 aromatic heterocycles. The van der Waals surface area contributed by atoms with Crippen LogP contribution in [0.2, 0.25) is 5.02 Å². The van der Waals surface area contributed by atoms with Gasteiger partial charge >= 0.3 is 5.97 Å². The van der Waals surface area contributed by atoms with E-state index in [-0.39, 0.29) is 16.8 Å². The SMILES string of the molecule is O=C(Oc1ccc2c(c1)S(=O)(=O)NC1CCCN21)c1ccc(Cl)cc1. The Morgan fingerprint density at radius 1 is 1.20 bits per heavy atom. The Hall–Kier alpha value is -2.09. The van der Waals surface area contributed by atoms with Crippen LogP contribution in [0.15, 0.2) is 47.4 Å². The van der Waals surface area contributed by atoms with Gasteiger partial charge in [-0.05, 0) is 49.2 Å². The molecule has 1 unspecified atom stereocenters. The second kappa shape index (κ2) is 6.01. The maximum absolute atomic E-state index is 12.5. The van der Waals surface area contributed by atoms with Gasteiger partial charge in [0.15, 0.2) is 0 Å². The smallest absolute Gasteiger partial charge is 0.343 e. The third-order valence-electron chi connectivity index (χ3n) is 4.36. The van der Waals surface area contributed by atoms with E-state index in [2.05, 4.69) is 4.72 Å². The van der Waals surface area contributed by atoms with Crippen LogP contribution in [-0.2, 0) is 10.0 Å². The lowest BCUT2D eigenvalue weighted by Gasteiger charge is -2.33. The number of benzene rings is 2. The molecule has 25 heavy (non-hydrogen) atoms. The van der Waals surface area contributed by atoms with Crippen molar-refractivity contribution in [2.24, 2.45) is 0 Å². The fourth-order valence-corrected chi connectivity index (χ4v) is 4.77. The van der Waals surface area contributed by atoms with Crippen LogP contribution in [0.25, 0.3) is 0 Å². The molecule has 0 saturated carbocycles. The van der Waals surface area contributed by atoms with Gasteiger partial charge in [0.05, 0.1) is 17.4 Å². The first-order chi connectivity index (χ1) is 11.9. The first-order valence-electron chi connectivity index (χ1n) is 7.85. The van der Waals surface area contributed by atoms with E-state index in [1.807, 2.05) is 4.90 Å². The number of nitrogens with one attached hydrogen (secondary N) is 1. The maximum Gasteiger partial charge on any atom is 0.343 e. The highest BCUT2D eigenvalue weighted by atomic mass is 35.5. The molecule has 0 amide bonds. The molecule has 1 saturated heterocycles. The van der Waals surface area contributed by atoms with Gasteiger partial charge in [0, 0.05) is 17.6 Å². The topological polar surface area (TPSA) is 75.7 Å². The molecule has 1 fully saturated rings. The number of anilines is 1. The first-order valence-corrected chi connectivity index (χ1v) is 9.71. The standard InChI is InChI=1S/C17H15ClN2O4S/c18-12-5-3-11(4-6-12)17(21)24-13-7-8-14-15(10-13)25(22,23)19-16-2-1-9-20(14)16/h3-8,10,16,19H,1-2,9H2. The van der Waals surface area contributed by atoms with Gasteiger partial charge in [-0.25, -0.2) is 13.2 Å². The first kappa shape index (κ1) is 16.4. The van der Waals surface area contributed by atoms with Crippen molar-refractivity contribution in [2.45, 2.75) is 23.9 Å². The lowest BCUT2D eigenvalue weighted by molar-refractivity contribution is 0.0734. The van der Waals surface area contributed by atoms with Crippen molar-refractivity contribution in [1.82, 2.24) is 4.72 Å². The van der Waals surface area contributed by atoms with Crippen LogP contribution in [0.5, 0.6) is 5.75 Å². The maximum atomic E-state index is 12.5. The van der Waals surface area contributed by atoms with Crippen molar-refractivity contribution in [3.8, 4) is 5.75 Å². The van der Waals surface area contributed by atoms with E-state index in [0.29, 0.717) is 16.3 Å². The average molecular weight is 379 g/mol. The zero-order valence-electron chi connectivity index (χ0n) is 13.1. The van der Waals surface area contributed by atoms with E-state index in [9.17, 15) is 13.2 Å². The zero-order valence-corrected chi connectivity index (χ0v) is 14.7. The number of esters is 1. The van der Waals surface area contributed by atoms with Crippen molar-refractivity contribution >= 4 is 33.3 Å². The highest BCUT2D eigenvalue weighted by Crippen LogP contribution is 2.37. The predicted octanol–water partition coefficient (Wildman–Crippen LogP) is 2.78. The number of nitrogens with zero attached hydrogens (tertiary/aromatic N) is 1. The highest BCUT2D eigenvalue weighted by molar-refractivity contribution is 7.89. The van der Waals surface area contributed by atoms with Gasteiger partial charge < -0.3 is 9.64 Å². The Labute approximate surface area is 150 Å². The Kier molecular flexibility index (Phi) is 3.94. The monoisotopic (exact) mass is 378 g/mol. The van der Waals surface area contributed by atoms with E-state index in [0.717, 1.165) is 19.4 Å². The number of hydrogen-bond donors (Lipinski definition) is 1. The Morgan fingerprint density at radius 2 is 1.96 bits per heavy atom. The Bertz CT molecular complexity index is 944. The van der Waals surface area contributed by atoms with Crippen LogP contribution < -0.4 is 14.4 Å². The highest BCUT2D eigenvalue weighted by Gasteiger charge is 2.37. The van der Waals surface area contributed by atoms with Crippen molar-refractivity contribution in [3.63, 3.8) is 0 Å². The number of halogens is 1. The second-order valence-corrected chi connectivity index (χ2v) is 8.12. The Morgan fingerprint density at radius 3 is 2.72 bits per heavy atom. The molecule has 2 aliphatic rings. The molecule has 6 nitrogen and oxygen atoms in total. The molecule has 2 heterocycles. The summed E-state index contributed by atoms with van der Waals surface area (Å²) in [5, 5.41) is 0.516. The van der Waals surface area contributed by atoms with Gasteiger partial charge in [-0.3, -0.25) is 0 Å². The van der Waals surface area contributed by atoms with Crippen LogP contribution in [0.4, 0.5) is 5.69 Å². The number of hydrogen-bond acceptors (Lipinski definition) is 5. The lowest BCUT2D eigenvalue weighted by atomic mass is 10.2. The van der Waals surface area contributed by atoms with Gasteiger partial charge in [-0.2, -0.15) is 4.72 Å². The molecular weight excluding hydrogens is 364 g/mol. The molecule has 4 rings (SSSR count). The number of carbonyl (C=O) groups is 1. The third-order valence-corrected chi connectivity index (χ3v) is 6.11. The molecule has 130 valence electrons. The number of fused-ring (bicyclic) bond motifs is 3. The van der Waals surface area contributed by atoms with Gasteiger partial charge in [0.1, 0.15) is 10.6 Å². The summed E-state index contributed by atoms with van der Waals surface area (Å²) < 4.78 is 32.9. The summed E-state index contributed by atoms with van der Waals surface area (Å²) in [6.45, 7) is 0.796. The predicted molar refractivity (Wildman–Crippen MR) is 93.5 cm³/mol. The summed E-state index contributed by atoms with van der Waals surface area (Å²) in [4.78, 5) is 14.4. The van der Waals surface area contributed by atoms with E-state index in [4.69, 9.17) is 16.3 Å². The lowest BCUT2D eigenvalue weighted by Crippen LogP contribution is -2.48. The van der Waals surface area contributed by atoms with E-state index in [1.165, 1.54) is 6.07 Å². The molecule has 1 N–H and O–H groups in total. The minimum Gasteiger partial charge on any atom is -0.423 e. The fraction of sp³-hybridized carbons (Fsp3) is 0.235. The quantitative estimate of drug-likeness (QED) is 0.642. The second-order valence-electron chi connectivity index (χ2n) is 6.00. The van der Waals surface area contributed by atoms with Crippen LogP contribution in [-0.4, -0.2) is 27.1 Å². The number of sulfonamides is 1. The van der Waals surface area contributed by atoms with Gasteiger partial charge in [0.25, 0.3) is 0 Å². The zero-order chi connectivity index (χ0) is 17.6. The number of rotatable bonds is 2. The molecule has 1 atom stereocenters. The molecule has 2 aromatic carbocycles. The van der Waals surface area contributed by atoms with Gasteiger partial charge in [-0.1, -0.05) is 11.6 Å². The van der Waals surface area contributed by atoms with Crippen molar-refractivity contribution in [1.29, 1.82) is 0 Å². The van der Waals surface area contributed by atoms with Crippen molar-refractivity contribution in [3.05, 3.63) is 53.1 Å². The molecular formula is C17H15ClN2O4S. The fourth-order valence-electron chi connectivity index (χ4n) is 3.18. The summed E-state index contributed by atoms with van der Waals surface area (Å²) in [6.07, 6.45) is 1.52. The largest absolute Gasteiger partial charge is 0.423 e. The minimum atomic E-state index is -3.63. The molecule has 0 aliphatic carbocycles. The summed E-state index contributed by atoms with van der Waals surface area (Å²) in [5.41, 5.74) is 0.982. The summed E-state index contributed by atoms with van der Waals surface area (Å²) in [7, 11) is -3.63. The van der Waals surface area contributed by atoms with Crippen LogP contribution in [0.3, 0.4) is 0 Å². The van der Waals surface area contributed by atoms with Crippen molar-refractivity contribution in [2.75, 3.05) is 11.4 Å². The van der Waals surface area contributed by atoms with Crippen molar-refractivity contribution < 1.29 is 17.9 Å². The minimum absolute atomic E-state index is 0.132. The van der Waals surface area contributed by atoms with Gasteiger partial charge in [-0.15, -0.1) is 0 Å². The number of carbonyl (C=O) groups excluding carboxylic acids is 1. The van der Waals surface area contributed by atoms with Crippen LogP contribution >= 0.6 is 11.6 Å². The molecule has 0 radical (unpaired) electrons. The normalized spacial score (nSPS) is 20.7. The van der Waals surface area contributed by atoms with E-state index < -0.39 is 16.0 Å². The van der Waals surface area contributed by atoms with Crippen LogP contribution in [0.1, 0.15) is 23.2 Å². The average Bonchev–Trinajstić information content (AvgIpc) is 3.03. The van der Waals surface area contributed by atoms with Gasteiger partial charge in [0.2, 0.25) is 10.0 Å². The molecule has 0 bridgehead atoms. The molecule has 8 heteroatoms. The summed E-state index contributed by atoms with van der Waals surface area (Å²) >= 11 is 5.80. The van der Waals surface area contributed by atoms with E-state index >= 15 is 0 Å².